The topological polar surface area (TPSA) is 17.1 Å². The van der Waals surface area contributed by atoms with Crippen LogP contribution in [0.3, 0.4) is 0 Å². The average Bonchev–Trinajstić information content (AvgIpc) is 0.811. The molecule has 0 heterocycles. The van der Waals surface area contributed by atoms with Crippen molar-refractivity contribution >= 4 is 71.0 Å². The first-order valence-corrected chi connectivity index (χ1v) is 2.74. The van der Waals surface area contributed by atoms with E-state index >= 15 is 0 Å². The highest BCUT2D eigenvalue weighted by Gasteiger charge is 1.69. The maximum Gasteiger partial charge on any atom is 0.251 e. The van der Waals surface area contributed by atoms with Gasteiger partial charge in [0.25, 0.3) is 1.80 Å². The number of hydrogen-bond acceptors (Lipinski definition) is 1. The zero-order valence-electron chi connectivity index (χ0n) is 2.07. The highest BCUT2D eigenvalue weighted by atomic mass is 127. The molecular weight excluding hydrogens is 409 g/mol. The summed E-state index contributed by atoms with van der Waals surface area (Å²) in [5.74, 6) is 0. The van der Waals surface area contributed by atoms with Gasteiger partial charge in [0.2, 0.25) is 0 Å². The van der Waals surface area contributed by atoms with Gasteiger partial charge in [-0.2, -0.15) is 0 Å². The van der Waals surface area contributed by atoms with Gasteiger partial charge in [-0.05, 0) is 0 Å². The lowest BCUT2D eigenvalue weighted by molar-refractivity contribution is 0.280. The summed E-state index contributed by atoms with van der Waals surface area (Å²) in [4.78, 5) is 9.42. The van der Waals surface area contributed by atoms with E-state index in [4.69, 9.17) is 0 Å². The number of carbonyl (C=O) groups is 1. The molecule has 0 bridgehead atoms. The number of halogens is 3. The van der Waals surface area contributed by atoms with Crippen LogP contribution in [0.4, 0.5) is 4.79 Å². The second-order valence-corrected chi connectivity index (χ2v) is 4.25. The van der Waals surface area contributed by atoms with E-state index in [0.717, 1.165) is 0 Å². The third-order valence-corrected chi connectivity index (χ3v) is 0. The summed E-state index contributed by atoms with van der Waals surface area (Å²) in [7, 11) is 0. The Hall–Kier alpha value is 1.86. The van der Waals surface area contributed by atoms with Crippen LogP contribution in [0.2, 0.25) is 0 Å². The van der Waals surface area contributed by atoms with E-state index in [1.54, 1.807) is 45.2 Å². The number of rotatable bonds is 0. The van der Waals surface area contributed by atoms with Crippen LogP contribution >= 0.6 is 69.2 Å². The fourth-order valence-electron chi connectivity index (χ4n) is 0. The highest BCUT2D eigenvalue weighted by molar-refractivity contribution is 14.2. The van der Waals surface area contributed by atoms with Gasteiger partial charge in [0.15, 0.2) is 0 Å². The van der Waals surface area contributed by atoms with Crippen LogP contribution in [0.1, 0.15) is 0 Å². The molecule has 0 aromatic rings. The van der Waals surface area contributed by atoms with Crippen LogP contribution in [-0.2, 0) is 0 Å². The van der Waals surface area contributed by atoms with Crippen LogP contribution in [-0.4, -0.2) is 1.80 Å². The van der Waals surface area contributed by atoms with Crippen molar-refractivity contribution in [3.8, 4) is 0 Å². The quantitative estimate of drug-likeness (QED) is 0.444. The van der Waals surface area contributed by atoms with Crippen LogP contribution < -0.4 is 0 Å². The first-order valence-electron chi connectivity index (χ1n) is 0.582. The Morgan fingerprint density at radius 1 is 1.40 bits per heavy atom. The molecular formula is CHI3O. The van der Waals surface area contributed by atoms with Gasteiger partial charge in [-0.25, -0.2) is 0 Å². The van der Waals surface area contributed by atoms with Gasteiger partial charge < -0.3 is 0 Å². The molecule has 0 spiro atoms. The lowest BCUT2D eigenvalue weighted by Crippen LogP contribution is -1.41. The van der Waals surface area contributed by atoms with Crippen molar-refractivity contribution in [1.82, 2.24) is 0 Å². The van der Waals surface area contributed by atoms with Gasteiger partial charge in [0, 0.05) is 45.2 Å². The molecule has 0 aromatic carbocycles. The minimum Gasteiger partial charge on any atom is -0.276 e. The number of hydrogen-bond donors (Lipinski definition) is 0. The van der Waals surface area contributed by atoms with E-state index < -0.39 is 0 Å². The van der Waals surface area contributed by atoms with E-state index in [-0.39, 0.29) is 25.8 Å². The second-order valence-electron chi connectivity index (χ2n) is 0.226. The SMILES string of the molecule is I.O=C(I)I. The van der Waals surface area contributed by atoms with Crippen molar-refractivity contribution in [3.63, 3.8) is 0 Å². The third kappa shape index (κ3) is 25.2. The second kappa shape index (κ2) is 5.86. The molecule has 0 aliphatic heterocycles. The molecule has 0 unspecified atom stereocenters. The Morgan fingerprint density at radius 2 is 1.40 bits per heavy atom. The Morgan fingerprint density at radius 3 is 1.40 bits per heavy atom. The summed E-state index contributed by atoms with van der Waals surface area (Å²) in [6, 6.07) is 0. The van der Waals surface area contributed by atoms with E-state index in [1.165, 1.54) is 0 Å². The third-order valence-electron chi connectivity index (χ3n) is 0. The summed E-state index contributed by atoms with van der Waals surface area (Å²) in [5, 5.41) is 0. The van der Waals surface area contributed by atoms with Gasteiger partial charge in [-0.1, -0.05) is 0 Å². The summed E-state index contributed by atoms with van der Waals surface area (Å²) in [6.07, 6.45) is 0. The van der Waals surface area contributed by atoms with E-state index in [0.29, 0.717) is 0 Å². The summed E-state index contributed by atoms with van der Waals surface area (Å²) < 4.78 is 0.107. The molecule has 0 rings (SSSR count). The van der Waals surface area contributed by atoms with Crippen LogP contribution in [0, 0.1) is 0 Å². The van der Waals surface area contributed by atoms with Gasteiger partial charge in [-0.15, -0.1) is 24.0 Å². The summed E-state index contributed by atoms with van der Waals surface area (Å²) in [6.45, 7) is 0. The lowest BCUT2D eigenvalue weighted by Gasteiger charge is -1.49. The normalized spacial score (nSPS) is 5.20. The Labute approximate surface area is 74.6 Å². The van der Waals surface area contributed by atoms with E-state index in [9.17, 15) is 4.79 Å². The molecule has 0 N–H and O–H groups in total. The smallest absolute Gasteiger partial charge is 0.251 e. The lowest BCUT2D eigenvalue weighted by atomic mass is 11.9. The molecule has 1 nitrogen and oxygen atoms in total. The average molecular weight is 410 g/mol. The first kappa shape index (κ1) is 9.97. The molecule has 0 aliphatic rings. The monoisotopic (exact) mass is 410 g/mol. The molecule has 0 aliphatic carbocycles. The summed E-state index contributed by atoms with van der Waals surface area (Å²) in [5.41, 5.74) is 0. The van der Waals surface area contributed by atoms with Crippen LogP contribution in [0.15, 0.2) is 0 Å². The van der Waals surface area contributed by atoms with Gasteiger partial charge in [-0.3, -0.25) is 4.79 Å². The fraction of sp³-hybridized carbons (Fsp3) is 0. The van der Waals surface area contributed by atoms with E-state index in [1.807, 2.05) is 0 Å². The first-order chi connectivity index (χ1) is 1.73. The molecule has 32 valence electrons. The largest absolute Gasteiger partial charge is 0.276 e. The zero-order chi connectivity index (χ0) is 3.58. The van der Waals surface area contributed by atoms with Crippen molar-refractivity contribution in [3.05, 3.63) is 0 Å². The van der Waals surface area contributed by atoms with Gasteiger partial charge in [0.1, 0.15) is 0 Å². The maximum absolute atomic E-state index is 9.42. The van der Waals surface area contributed by atoms with Crippen molar-refractivity contribution in [2.24, 2.45) is 0 Å². The van der Waals surface area contributed by atoms with Crippen molar-refractivity contribution in [1.29, 1.82) is 0 Å². The van der Waals surface area contributed by atoms with E-state index in [2.05, 4.69) is 0 Å². The molecule has 0 saturated heterocycles. The molecule has 0 saturated carbocycles. The standard InChI is InChI=1S/CI2O.HI/c2-1(3)4;/h;1H. The Balaban J connectivity index is 0. The molecule has 0 fully saturated rings. The highest BCUT2D eigenvalue weighted by Crippen LogP contribution is 1.95. The van der Waals surface area contributed by atoms with Gasteiger partial charge >= 0.3 is 0 Å². The van der Waals surface area contributed by atoms with Crippen LogP contribution in [0.5, 0.6) is 0 Å². The fourth-order valence-corrected chi connectivity index (χ4v) is 0. The Bertz CT molecular complexity index is 29.9. The minimum absolute atomic E-state index is 0. The predicted molar refractivity (Wildman–Crippen MR) is 48.9 cm³/mol. The maximum atomic E-state index is 9.42. The molecule has 0 radical (unpaired) electrons. The van der Waals surface area contributed by atoms with Gasteiger partial charge in [0.05, 0.1) is 0 Å². The predicted octanol–water partition coefficient (Wildman–Crippen LogP) is 2.59. The molecule has 0 amide bonds. The molecule has 0 atom stereocenters. The zero-order valence-corrected chi connectivity index (χ0v) is 8.72. The van der Waals surface area contributed by atoms with Crippen LogP contribution in [0.25, 0.3) is 0 Å². The van der Waals surface area contributed by atoms with Crippen molar-refractivity contribution in [2.75, 3.05) is 0 Å². The minimum atomic E-state index is 0. The van der Waals surface area contributed by atoms with Crippen molar-refractivity contribution in [2.45, 2.75) is 0 Å². The molecule has 5 heavy (non-hydrogen) atoms. The van der Waals surface area contributed by atoms with Crippen molar-refractivity contribution < 1.29 is 4.79 Å². The Kier molecular flexibility index (Phi) is 11.7. The number of carbonyl (C=O) groups excluding carboxylic acids is 1. The summed E-state index contributed by atoms with van der Waals surface area (Å²) >= 11 is 3.38. The molecule has 0 aromatic heterocycles. The molecule has 4 heteroatoms.